The van der Waals surface area contributed by atoms with Gasteiger partial charge in [-0.1, -0.05) is 6.07 Å². The Morgan fingerprint density at radius 2 is 2.10 bits per heavy atom. The maximum Gasteiger partial charge on any atom is 0.203 e. The van der Waals surface area contributed by atoms with Crippen LogP contribution in [0.1, 0.15) is 11.3 Å². The number of nitrogens with one attached hydrogen (secondary N) is 1. The summed E-state index contributed by atoms with van der Waals surface area (Å²) in [5.74, 6) is 2.15. The number of aromatic nitrogens is 1. The van der Waals surface area contributed by atoms with Crippen LogP contribution in [0.2, 0.25) is 0 Å². The van der Waals surface area contributed by atoms with Crippen molar-refractivity contribution in [3.8, 4) is 17.2 Å². The summed E-state index contributed by atoms with van der Waals surface area (Å²) in [5.41, 5.74) is 2.11. The smallest absolute Gasteiger partial charge is 0.203 e. The number of methoxy groups -OCH3 is 1. The Balaban J connectivity index is 1.68. The molecule has 0 amide bonds. The summed E-state index contributed by atoms with van der Waals surface area (Å²) in [7, 11) is 1.64. The Morgan fingerprint density at radius 3 is 2.90 bits per heavy atom. The molecule has 1 aromatic carbocycles. The normalized spacial score (nSPS) is 13.0. The van der Waals surface area contributed by atoms with E-state index >= 15 is 0 Å². The predicted molar refractivity (Wildman–Crippen MR) is 78.8 cm³/mol. The van der Waals surface area contributed by atoms with E-state index in [0.717, 1.165) is 23.6 Å². The second-order valence-corrected chi connectivity index (χ2v) is 4.75. The minimum atomic E-state index is 0.556. The zero-order chi connectivity index (χ0) is 14.5. The highest BCUT2D eigenvalue weighted by Crippen LogP contribution is 2.40. The number of nitrogens with zero attached hydrogens (tertiary/aromatic N) is 1. The summed E-state index contributed by atoms with van der Waals surface area (Å²) in [5, 5.41) is 3.36. The molecule has 3 rings (SSSR count). The first-order chi connectivity index (χ1) is 10.4. The molecule has 110 valence electrons. The maximum atomic E-state index is 5.63. The van der Waals surface area contributed by atoms with Gasteiger partial charge in [-0.2, -0.15) is 0 Å². The number of hydrogen-bond acceptors (Lipinski definition) is 5. The lowest BCUT2D eigenvalue weighted by molar-refractivity contribution is 0.165. The van der Waals surface area contributed by atoms with Crippen molar-refractivity contribution >= 4 is 0 Å². The topological polar surface area (TPSA) is 52.6 Å². The third-order valence-corrected chi connectivity index (χ3v) is 3.25. The number of fused-ring (bicyclic) bond motifs is 1. The van der Waals surface area contributed by atoms with E-state index < -0.39 is 0 Å². The van der Waals surface area contributed by atoms with Gasteiger partial charge in [-0.3, -0.25) is 4.98 Å². The van der Waals surface area contributed by atoms with Crippen LogP contribution in [0.25, 0.3) is 0 Å². The molecule has 5 nitrogen and oxygen atoms in total. The highest BCUT2D eigenvalue weighted by atomic mass is 16.6. The molecule has 0 aliphatic carbocycles. The van der Waals surface area contributed by atoms with Gasteiger partial charge in [0.15, 0.2) is 11.5 Å². The Hall–Kier alpha value is -2.27. The molecule has 0 radical (unpaired) electrons. The molecule has 1 aromatic heterocycles. The van der Waals surface area contributed by atoms with E-state index in [1.807, 2.05) is 30.3 Å². The van der Waals surface area contributed by atoms with E-state index in [2.05, 4.69) is 10.3 Å². The highest BCUT2D eigenvalue weighted by Gasteiger charge is 2.18. The van der Waals surface area contributed by atoms with Crippen molar-refractivity contribution < 1.29 is 14.2 Å². The molecule has 0 unspecified atom stereocenters. The lowest BCUT2D eigenvalue weighted by Crippen LogP contribution is -2.17. The monoisotopic (exact) mass is 286 g/mol. The van der Waals surface area contributed by atoms with Crippen LogP contribution in [0.4, 0.5) is 0 Å². The number of hydrogen-bond donors (Lipinski definition) is 1. The Labute approximate surface area is 123 Å². The first kappa shape index (κ1) is 13.7. The van der Waals surface area contributed by atoms with Gasteiger partial charge in [0.05, 0.1) is 12.8 Å². The van der Waals surface area contributed by atoms with Crippen LogP contribution in [0.15, 0.2) is 36.5 Å². The largest absolute Gasteiger partial charge is 0.493 e. The summed E-state index contributed by atoms with van der Waals surface area (Å²) in [6, 6.07) is 9.85. The summed E-state index contributed by atoms with van der Waals surface area (Å²) < 4.78 is 16.6. The molecular formula is C16H18N2O3. The van der Waals surface area contributed by atoms with E-state index in [4.69, 9.17) is 14.2 Å². The van der Waals surface area contributed by atoms with Crippen LogP contribution in [0.3, 0.4) is 0 Å². The van der Waals surface area contributed by atoms with Crippen molar-refractivity contribution in [2.75, 3.05) is 20.3 Å². The zero-order valence-corrected chi connectivity index (χ0v) is 12.0. The van der Waals surface area contributed by atoms with Crippen LogP contribution >= 0.6 is 0 Å². The number of pyridine rings is 1. The van der Waals surface area contributed by atoms with Gasteiger partial charge in [0.1, 0.15) is 13.2 Å². The van der Waals surface area contributed by atoms with Crippen molar-refractivity contribution in [2.24, 2.45) is 0 Å². The van der Waals surface area contributed by atoms with Gasteiger partial charge < -0.3 is 19.5 Å². The van der Waals surface area contributed by atoms with Crippen LogP contribution in [0, 0.1) is 0 Å². The molecular weight excluding hydrogens is 268 g/mol. The molecule has 1 N–H and O–H groups in total. The lowest BCUT2D eigenvalue weighted by Gasteiger charge is -2.21. The molecule has 0 atom stereocenters. The van der Waals surface area contributed by atoms with Crippen molar-refractivity contribution in [1.29, 1.82) is 0 Å². The minimum absolute atomic E-state index is 0.556. The van der Waals surface area contributed by atoms with Gasteiger partial charge in [0.2, 0.25) is 5.75 Å². The van der Waals surface area contributed by atoms with Crippen molar-refractivity contribution in [3.63, 3.8) is 0 Å². The van der Waals surface area contributed by atoms with E-state index in [-0.39, 0.29) is 0 Å². The number of rotatable bonds is 5. The second kappa shape index (κ2) is 6.45. The SMILES string of the molecule is COc1cc(CNCc2ccccn2)cc2c1OCCO2. The first-order valence-corrected chi connectivity index (χ1v) is 6.94. The Morgan fingerprint density at radius 1 is 1.19 bits per heavy atom. The lowest BCUT2D eigenvalue weighted by atomic mass is 10.1. The van der Waals surface area contributed by atoms with Crippen molar-refractivity contribution in [1.82, 2.24) is 10.3 Å². The average molecular weight is 286 g/mol. The molecule has 2 aromatic rings. The maximum absolute atomic E-state index is 5.63. The predicted octanol–water partition coefficient (Wildman–Crippen LogP) is 2.15. The molecule has 5 heteroatoms. The van der Waals surface area contributed by atoms with Crippen LogP contribution in [-0.2, 0) is 13.1 Å². The molecule has 21 heavy (non-hydrogen) atoms. The zero-order valence-electron chi connectivity index (χ0n) is 12.0. The quantitative estimate of drug-likeness (QED) is 0.912. The molecule has 1 aliphatic heterocycles. The Bertz CT molecular complexity index is 585. The molecule has 0 fully saturated rings. The van der Waals surface area contributed by atoms with Crippen molar-refractivity contribution in [2.45, 2.75) is 13.1 Å². The summed E-state index contributed by atoms with van der Waals surface area (Å²) in [6.45, 7) is 2.56. The molecule has 2 heterocycles. The third-order valence-electron chi connectivity index (χ3n) is 3.25. The average Bonchev–Trinajstić information content (AvgIpc) is 2.55. The van der Waals surface area contributed by atoms with Crippen LogP contribution in [-0.4, -0.2) is 25.3 Å². The summed E-state index contributed by atoms with van der Waals surface area (Å²) in [6.07, 6.45) is 1.80. The van der Waals surface area contributed by atoms with E-state index in [1.165, 1.54) is 0 Å². The summed E-state index contributed by atoms with van der Waals surface area (Å²) in [4.78, 5) is 4.28. The van der Waals surface area contributed by atoms with E-state index in [1.54, 1.807) is 13.3 Å². The molecule has 1 aliphatic rings. The van der Waals surface area contributed by atoms with Crippen LogP contribution < -0.4 is 19.5 Å². The molecule has 0 spiro atoms. The van der Waals surface area contributed by atoms with Gasteiger partial charge in [-0.15, -0.1) is 0 Å². The number of ether oxygens (including phenoxy) is 3. The fourth-order valence-electron chi connectivity index (χ4n) is 2.27. The standard InChI is InChI=1S/C16H18N2O3/c1-19-14-8-12(9-15-16(14)21-7-6-20-15)10-17-11-13-4-2-3-5-18-13/h2-5,8-9,17H,6-7,10-11H2,1H3. The van der Waals surface area contributed by atoms with Gasteiger partial charge in [0.25, 0.3) is 0 Å². The first-order valence-electron chi connectivity index (χ1n) is 6.94. The molecule has 0 saturated carbocycles. The fraction of sp³-hybridized carbons (Fsp3) is 0.312. The Kier molecular flexibility index (Phi) is 4.21. The van der Waals surface area contributed by atoms with E-state index in [0.29, 0.717) is 31.3 Å². The van der Waals surface area contributed by atoms with Gasteiger partial charge in [-0.25, -0.2) is 0 Å². The van der Waals surface area contributed by atoms with Gasteiger partial charge in [0, 0.05) is 19.3 Å². The minimum Gasteiger partial charge on any atom is -0.493 e. The molecule has 0 bridgehead atoms. The third kappa shape index (κ3) is 3.25. The molecule has 0 saturated heterocycles. The van der Waals surface area contributed by atoms with Gasteiger partial charge in [-0.05, 0) is 29.8 Å². The fourth-order valence-corrected chi connectivity index (χ4v) is 2.27. The number of benzene rings is 1. The second-order valence-electron chi connectivity index (χ2n) is 4.75. The van der Waals surface area contributed by atoms with Crippen molar-refractivity contribution in [3.05, 3.63) is 47.8 Å². The highest BCUT2D eigenvalue weighted by molar-refractivity contribution is 5.54. The van der Waals surface area contributed by atoms with Crippen LogP contribution in [0.5, 0.6) is 17.2 Å². The van der Waals surface area contributed by atoms with Gasteiger partial charge >= 0.3 is 0 Å². The summed E-state index contributed by atoms with van der Waals surface area (Å²) >= 11 is 0. The van der Waals surface area contributed by atoms with E-state index in [9.17, 15) is 0 Å².